The average Bonchev–Trinajstić information content (AvgIpc) is 3.08. The number of hydrogen-bond donors (Lipinski definition) is 2. The quantitative estimate of drug-likeness (QED) is 0.907. The number of fused-ring (bicyclic) bond motifs is 1. The van der Waals surface area contributed by atoms with Crippen molar-refractivity contribution in [2.45, 2.75) is 24.3 Å². The Bertz CT molecular complexity index is 708. The SMILES string of the molecule is CC(NS(=O)(=O)c1ccc2c(c1)NCC2)c1ccco1. The number of rotatable bonds is 4. The molecule has 1 aliphatic rings. The lowest BCUT2D eigenvalue weighted by Gasteiger charge is -2.13. The molecule has 2 N–H and O–H groups in total. The highest BCUT2D eigenvalue weighted by Gasteiger charge is 2.21. The lowest BCUT2D eigenvalue weighted by atomic mass is 10.2. The zero-order valence-corrected chi connectivity index (χ0v) is 11.9. The van der Waals surface area contributed by atoms with Gasteiger partial charge in [-0.25, -0.2) is 13.1 Å². The third-order valence-corrected chi connectivity index (χ3v) is 4.94. The molecule has 2 heterocycles. The summed E-state index contributed by atoms with van der Waals surface area (Å²) in [6.07, 6.45) is 2.46. The molecular weight excluding hydrogens is 276 g/mol. The van der Waals surface area contributed by atoms with E-state index in [1.807, 2.05) is 6.07 Å². The van der Waals surface area contributed by atoms with E-state index in [9.17, 15) is 8.42 Å². The minimum atomic E-state index is -3.56. The standard InChI is InChI=1S/C14H16N2O3S/c1-10(14-3-2-8-19-14)16-20(17,18)12-5-4-11-6-7-15-13(11)9-12/h2-5,8-10,15-16H,6-7H2,1H3. The van der Waals surface area contributed by atoms with E-state index in [4.69, 9.17) is 4.42 Å². The molecule has 0 radical (unpaired) electrons. The number of sulfonamides is 1. The van der Waals surface area contributed by atoms with Gasteiger partial charge in [0.1, 0.15) is 5.76 Å². The highest BCUT2D eigenvalue weighted by Crippen LogP contribution is 2.26. The predicted molar refractivity (Wildman–Crippen MR) is 76.1 cm³/mol. The summed E-state index contributed by atoms with van der Waals surface area (Å²) in [7, 11) is -3.56. The zero-order chi connectivity index (χ0) is 14.2. The minimum absolute atomic E-state index is 0.268. The molecule has 1 atom stereocenters. The Morgan fingerprint density at radius 3 is 2.95 bits per heavy atom. The van der Waals surface area contributed by atoms with Crippen LogP contribution in [0, 0.1) is 0 Å². The molecular formula is C14H16N2O3S. The maximum Gasteiger partial charge on any atom is 0.241 e. The molecule has 1 aromatic carbocycles. The van der Waals surface area contributed by atoms with Crippen LogP contribution >= 0.6 is 0 Å². The highest BCUT2D eigenvalue weighted by atomic mass is 32.2. The molecule has 0 amide bonds. The van der Waals surface area contributed by atoms with Gasteiger partial charge >= 0.3 is 0 Å². The second-order valence-electron chi connectivity index (χ2n) is 4.85. The molecule has 0 fully saturated rings. The van der Waals surface area contributed by atoms with E-state index in [0.29, 0.717) is 5.76 Å². The molecule has 2 aromatic rings. The van der Waals surface area contributed by atoms with E-state index >= 15 is 0 Å². The molecule has 1 aromatic heterocycles. The van der Waals surface area contributed by atoms with Crippen molar-refractivity contribution < 1.29 is 12.8 Å². The molecule has 0 saturated heterocycles. The van der Waals surface area contributed by atoms with Crippen molar-refractivity contribution in [1.29, 1.82) is 0 Å². The molecule has 3 rings (SSSR count). The summed E-state index contributed by atoms with van der Waals surface area (Å²) in [5, 5.41) is 3.18. The summed E-state index contributed by atoms with van der Waals surface area (Å²) in [6, 6.07) is 8.26. The summed E-state index contributed by atoms with van der Waals surface area (Å²) >= 11 is 0. The van der Waals surface area contributed by atoms with Crippen LogP contribution in [0.4, 0.5) is 5.69 Å². The van der Waals surface area contributed by atoms with Crippen LogP contribution in [0.25, 0.3) is 0 Å². The number of nitrogens with one attached hydrogen (secondary N) is 2. The van der Waals surface area contributed by atoms with E-state index in [2.05, 4.69) is 10.0 Å². The van der Waals surface area contributed by atoms with Gasteiger partial charge in [0.15, 0.2) is 0 Å². The van der Waals surface area contributed by atoms with Gasteiger partial charge in [-0.3, -0.25) is 0 Å². The van der Waals surface area contributed by atoms with Crippen molar-refractivity contribution in [3.05, 3.63) is 47.9 Å². The van der Waals surface area contributed by atoms with Gasteiger partial charge in [0.2, 0.25) is 10.0 Å². The summed E-state index contributed by atoms with van der Waals surface area (Å²) in [5.41, 5.74) is 2.06. The average molecular weight is 292 g/mol. The summed E-state index contributed by atoms with van der Waals surface area (Å²) in [4.78, 5) is 0.268. The van der Waals surface area contributed by atoms with Crippen molar-refractivity contribution in [1.82, 2.24) is 4.72 Å². The molecule has 6 heteroatoms. The molecule has 0 spiro atoms. The number of benzene rings is 1. The first-order chi connectivity index (χ1) is 9.56. The normalized spacial score (nSPS) is 15.7. The lowest BCUT2D eigenvalue weighted by molar-refractivity contribution is 0.459. The van der Waals surface area contributed by atoms with E-state index in [1.54, 1.807) is 31.2 Å². The van der Waals surface area contributed by atoms with E-state index in [0.717, 1.165) is 24.2 Å². The maximum atomic E-state index is 12.4. The first-order valence-electron chi connectivity index (χ1n) is 6.49. The van der Waals surface area contributed by atoms with Crippen molar-refractivity contribution in [3.8, 4) is 0 Å². The Labute approximate surface area is 118 Å². The predicted octanol–water partition coefficient (Wildman–Crippen LogP) is 2.29. The molecule has 0 aliphatic carbocycles. The second-order valence-corrected chi connectivity index (χ2v) is 6.57. The van der Waals surface area contributed by atoms with E-state index in [1.165, 1.54) is 6.26 Å². The Kier molecular flexibility index (Phi) is 3.27. The van der Waals surface area contributed by atoms with Crippen LogP contribution in [0.2, 0.25) is 0 Å². The van der Waals surface area contributed by atoms with Crippen LogP contribution in [0.3, 0.4) is 0 Å². The fourth-order valence-electron chi connectivity index (χ4n) is 2.33. The summed E-state index contributed by atoms with van der Waals surface area (Å²) in [5.74, 6) is 0.591. The van der Waals surface area contributed by atoms with Gasteiger partial charge in [-0.1, -0.05) is 6.07 Å². The molecule has 0 saturated carbocycles. The third-order valence-electron chi connectivity index (χ3n) is 3.40. The van der Waals surface area contributed by atoms with Crippen LogP contribution < -0.4 is 10.0 Å². The monoisotopic (exact) mass is 292 g/mol. The van der Waals surface area contributed by atoms with Gasteiger partial charge in [0, 0.05) is 12.2 Å². The number of furan rings is 1. The van der Waals surface area contributed by atoms with Crippen molar-refractivity contribution >= 4 is 15.7 Å². The Hall–Kier alpha value is -1.79. The molecule has 20 heavy (non-hydrogen) atoms. The Balaban J connectivity index is 1.85. The third kappa shape index (κ3) is 2.44. The fourth-order valence-corrected chi connectivity index (χ4v) is 3.57. The van der Waals surface area contributed by atoms with Crippen molar-refractivity contribution in [2.24, 2.45) is 0 Å². The van der Waals surface area contributed by atoms with Gasteiger partial charge < -0.3 is 9.73 Å². The van der Waals surface area contributed by atoms with Gasteiger partial charge in [0.25, 0.3) is 0 Å². The fraction of sp³-hybridized carbons (Fsp3) is 0.286. The van der Waals surface area contributed by atoms with Crippen LogP contribution in [0.15, 0.2) is 45.9 Å². The van der Waals surface area contributed by atoms with Gasteiger partial charge in [-0.2, -0.15) is 0 Å². The van der Waals surface area contributed by atoms with Gasteiger partial charge in [-0.05, 0) is 43.2 Å². The summed E-state index contributed by atoms with van der Waals surface area (Å²) < 4.78 is 32.5. The molecule has 0 bridgehead atoms. The molecule has 1 aliphatic heterocycles. The topological polar surface area (TPSA) is 71.3 Å². The maximum absolute atomic E-state index is 12.4. The Morgan fingerprint density at radius 1 is 1.35 bits per heavy atom. The first-order valence-corrected chi connectivity index (χ1v) is 7.97. The molecule has 106 valence electrons. The second kappa shape index (κ2) is 4.96. The van der Waals surface area contributed by atoms with Crippen LogP contribution in [0.1, 0.15) is 24.3 Å². The minimum Gasteiger partial charge on any atom is -0.468 e. The van der Waals surface area contributed by atoms with Crippen LogP contribution in [-0.4, -0.2) is 15.0 Å². The molecule has 5 nitrogen and oxygen atoms in total. The van der Waals surface area contributed by atoms with Crippen molar-refractivity contribution in [3.63, 3.8) is 0 Å². The number of hydrogen-bond acceptors (Lipinski definition) is 4. The largest absolute Gasteiger partial charge is 0.468 e. The Morgan fingerprint density at radius 2 is 2.20 bits per heavy atom. The highest BCUT2D eigenvalue weighted by molar-refractivity contribution is 7.89. The zero-order valence-electron chi connectivity index (χ0n) is 11.1. The van der Waals surface area contributed by atoms with Crippen molar-refractivity contribution in [2.75, 3.05) is 11.9 Å². The van der Waals surface area contributed by atoms with Gasteiger partial charge in [-0.15, -0.1) is 0 Å². The van der Waals surface area contributed by atoms with Crippen LogP contribution in [-0.2, 0) is 16.4 Å². The first kappa shape index (κ1) is 13.2. The van der Waals surface area contributed by atoms with E-state index in [-0.39, 0.29) is 4.90 Å². The van der Waals surface area contributed by atoms with Crippen LogP contribution in [0.5, 0.6) is 0 Å². The van der Waals surface area contributed by atoms with Gasteiger partial charge in [0.05, 0.1) is 17.2 Å². The lowest BCUT2D eigenvalue weighted by Crippen LogP contribution is -2.26. The number of anilines is 1. The van der Waals surface area contributed by atoms with E-state index < -0.39 is 16.1 Å². The summed E-state index contributed by atoms with van der Waals surface area (Å²) in [6.45, 7) is 2.61. The molecule has 1 unspecified atom stereocenters. The smallest absolute Gasteiger partial charge is 0.241 e.